The van der Waals surface area contributed by atoms with Crippen molar-refractivity contribution in [3.8, 4) is 0 Å². The van der Waals surface area contributed by atoms with Gasteiger partial charge >= 0.3 is 5.97 Å². The van der Waals surface area contributed by atoms with Crippen LogP contribution in [0.2, 0.25) is 5.02 Å². The summed E-state index contributed by atoms with van der Waals surface area (Å²) in [5.74, 6) is -2.61. The van der Waals surface area contributed by atoms with Crippen molar-refractivity contribution in [1.82, 2.24) is 9.88 Å². The second-order valence-electron chi connectivity index (χ2n) is 11.1. The van der Waals surface area contributed by atoms with Gasteiger partial charge in [-0.15, -0.1) is 0 Å². The SMILES string of the molecule is CC(C)(C)c1ccc(C[C@@H](C(=O)O)N2C(=O)c3nc(C(C)(C)C)c4ccc(Cl)cc4c3C2=O)cc1. The van der Waals surface area contributed by atoms with Crippen LogP contribution in [-0.2, 0) is 22.0 Å². The lowest BCUT2D eigenvalue weighted by atomic mass is 9.86. The van der Waals surface area contributed by atoms with E-state index in [2.05, 4.69) is 25.8 Å². The van der Waals surface area contributed by atoms with Crippen LogP contribution >= 0.6 is 11.6 Å². The van der Waals surface area contributed by atoms with Crippen LogP contribution < -0.4 is 0 Å². The van der Waals surface area contributed by atoms with Gasteiger partial charge in [0.15, 0.2) is 0 Å². The van der Waals surface area contributed by atoms with Gasteiger partial charge in [-0.05, 0) is 28.7 Å². The van der Waals surface area contributed by atoms with Crippen LogP contribution in [0.1, 0.15) is 79.2 Å². The molecule has 0 saturated heterocycles. The molecular formula is C28H29ClN2O4. The van der Waals surface area contributed by atoms with Gasteiger partial charge in [-0.25, -0.2) is 9.78 Å². The molecule has 2 aromatic carbocycles. The van der Waals surface area contributed by atoms with Gasteiger partial charge in [0.2, 0.25) is 0 Å². The average molecular weight is 493 g/mol. The predicted molar refractivity (Wildman–Crippen MR) is 136 cm³/mol. The summed E-state index contributed by atoms with van der Waals surface area (Å²) in [6, 6.07) is 11.4. The van der Waals surface area contributed by atoms with E-state index in [1.54, 1.807) is 18.2 Å². The molecule has 0 unspecified atom stereocenters. The molecule has 0 fully saturated rings. The summed E-state index contributed by atoms with van der Waals surface area (Å²) in [6.07, 6.45) is -0.00393. The van der Waals surface area contributed by atoms with E-state index >= 15 is 0 Å². The number of pyridine rings is 1. The number of aliphatic carboxylic acids is 1. The Morgan fingerprint density at radius 1 is 0.943 bits per heavy atom. The number of rotatable bonds is 4. The molecule has 1 atom stereocenters. The van der Waals surface area contributed by atoms with Crippen LogP contribution in [-0.4, -0.2) is 38.8 Å². The molecule has 35 heavy (non-hydrogen) atoms. The monoisotopic (exact) mass is 492 g/mol. The average Bonchev–Trinajstić information content (AvgIpc) is 3.00. The summed E-state index contributed by atoms with van der Waals surface area (Å²) in [5, 5.41) is 11.7. The lowest BCUT2D eigenvalue weighted by molar-refractivity contribution is -0.141. The smallest absolute Gasteiger partial charge is 0.327 e. The maximum absolute atomic E-state index is 13.6. The number of aromatic nitrogens is 1. The van der Waals surface area contributed by atoms with E-state index in [0.29, 0.717) is 21.5 Å². The molecular weight excluding hydrogens is 464 g/mol. The number of carboxylic acids is 1. The minimum Gasteiger partial charge on any atom is -0.480 e. The molecule has 182 valence electrons. The fourth-order valence-corrected chi connectivity index (χ4v) is 4.66. The Kier molecular flexibility index (Phi) is 6.00. The van der Waals surface area contributed by atoms with Gasteiger partial charge in [0.05, 0.1) is 11.3 Å². The van der Waals surface area contributed by atoms with E-state index in [1.807, 2.05) is 45.0 Å². The summed E-state index contributed by atoms with van der Waals surface area (Å²) >= 11 is 6.25. The number of hydrogen-bond acceptors (Lipinski definition) is 4. The molecule has 0 aliphatic carbocycles. The molecule has 6 nitrogen and oxygen atoms in total. The standard InChI is InChI=1S/C28H29ClN2O4/c1-27(2,3)16-9-7-15(8-10-16)13-20(26(34)35)31-24(32)21-19-14-17(29)11-12-18(19)23(28(4,5)6)30-22(21)25(31)33/h7-12,14,20H,13H2,1-6H3,(H,34,35)/t20-/m0/s1. The van der Waals surface area contributed by atoms with Crippen LogP contribution in [0.3, 0.4) is 0 Å². The van der Waals surface area contributed by atoms with Gasteiger partial charge in [0.1, 0.15) is 11.7 Å². The number of benzene rings is 2. The highest BCUT2D eigenvalue weighted by atomic mass is 35.5. The Balaban J connectivity index is 1.80. The Morgan fingerprint density at radius 2 is 1.57 bits per heavy atom. The highest BCUT2D eigenvalue weighted by Crippen LogP contribution is 2.37. The quantitative estimate of drug-likeness (QED) is 0.467. The summed E-state index contributed by atoms with van der Waals surface area (Å²) in [6.45, 7) is 12.2. The molecule has 1 aliphatic rings. The molecule has 4 rings (SSSR count). The first kappa shape index (κ1) is 24.9. The van der Waals surface area contributed by atoms with Crippen LogP contribution in [0, 0.1) is 0 Å². The van der Waals surface area contributed by atoms with Gasteiger partial charge < -0.3 is 5.11 Å². The first-order valence-electron chi connectivity index (χ1n) is 11.5. The van der Waals surface area contributed by atoms with Gasteiger partial charge in [-0.3, -0.25) is 14.5 Å². The van der Waals surface area contributed by atoms with Gasteiger partial charge in [0, 0.05) is 27.6 Å². The molecule has 7 heteroatoms. The van der Waals surface area contributed by atoms with Crippen molar-refractivity contribution in [3.63, 3.8) is 0 Å². The van der Waals surface area contributed by atoms with Crippen molar-refractivity contribution in [1.29, 1.82) is 0 Å². The van der Waals surface area contributed by atoms with E-state index in [1.165, 1.54) is 0 Å². The Morgan fingerprint density at radius 3 is 2.11 bits per heavy atom. The first-order chi connectivity index (χ1) is 16.2. The Labute approximate surface area is 209 Å². The summed E-state index contributed by atoms with van der Waals surface area (Å²) in [5.41, 5.74) is 2.09. The van der Waals surface area contributed by atoms with Crippen molar-refractivity contribution >= 4 is 40.2 Å². The van der Waals surface area contributed by atoms with Crippen LogP contribution in [0.4, 0.5) is 0 Å². The lowest BCUT2D eigenvalue weighted by Crippen LogP contribution is -2.46. The van der Waals surface area contributed by atoms with E-state index < -0.39 is 29.2 Å². The molecule has 2 heterocycles. The number of carbonyl (C=O) groups is 3. The third-order valence-electron chi connectivity index (χ3n) is 6.38. The van der Waals surface area contributed by atoms with Crippen molar-refractivity contribution in [2.45, 2.75) is 64.8 Å². The molecule has 0 radical (unpaired) electrons. The highest BCUT2D eigenvalue weighted by Gasteiger charge is 2.46. The second-order valence-corrected chi connectivity index (χ2v) is 11.5. The molecule has 1 N–H and O–H groups in total. The highest BCUT2D eigenvalue weighted by molar-refractivity contribution is 6.32. The van der Waals surface area contributed by atoms with Gasteiger partial charge in [0.25, 0.3) is 11.8 Å². The maximum Gasteiger partial charge on any atom is 0.327 e. The van der Waals surface area contributed by atoms with Crippen molar-refractivity contribution in [2.24, 2.45) is 0 Å². The molecule has 2 amide bonds. The summed E-state index contributed by atoms with van der Waals surface area (Å²) in [4.78, 5) is 44.8. The number of carboxylic acid groups (broad SMARTS) is 1. The predicted octanol–water partition coefficient (Wildman–Crippen LogP) is 5.78. The van der Waals surface area contributed by atoms with Crippen molar-refractivity contribution in [3.05, 3.63) is 75.6 Å². The number of fused-ring (bicyclic) bond motifs is 3. The second kappa shape index (κ2) is 8.45. The fourth-order valence-electron chi connectivity index (χ4n) is 4.49. The van der Waals surface area contributed by atoms with Crippen LogP contribution in [0.25, 0.3) is 10.8 Å². The zero-order chi connectivity index (χ0) is 25.9. The fraction of sp³-hybridized carbons (Fsp3) is 0.357. The molecule has 1 aliphatic heterocycles. The number of carbonyl (C=O) groups excluding carboxylic acids is 2. The zero-order valence-electron chi connectivity index (χ0n) is 20.8. The topological polar surface area (TPSA) is 87.6 Å². The normalized spacial score (nSPS) is 15.0. The van der Waals surface area contributed by atoms with Crippen LogP contribution in [0.5, 0.6) is 0 Å². The number of amides is 2. The largest absolute Gasteiger partial charge is 0.480 e. The van der Waals surface area contributed by atoms with Crippen LogP contribution in [0.15, 0.2) is 42.5 Å². The van der Waals surface area contributed by atoms with E-state index in [0.717, 1.165) is 16.0 Å². The number of halogens is 1. The molecule has 0 bridgehead atoms. The van der Waals surface area contributed by atoms with E-state index in [9.17, 15) is 19.5 Å². The molecule has 3 aromatic rings. The van der Waals surface area contributed by atoms with Crippen molar-refractivity contribution < 1.29 is 19.5 Å². The molecule has 0 spiro atoms. The third kappa shape index (κ3) is 4.43. The minimum atomic E-state index is -1.36. The molecule has 1 aromatic heterocycles. The Bertz CT molecular complexity index is 1360. The Hall–Kier alpha value is -3.25. The van der Waals surface area contributed by atoms with E-state index in [4.69, 9.17) is 11.6 Å². The number of nitrogens with zero attached hydrogens (tertiary/aromatic N) is 2. The third-order valence-corrected chi connectivity index (χ3v) is 6.61. The number of imide groups is 1. The van der Waals surface area contributed by atoms with Crippen molar-refractivity contribution in [2.75, 3.05) is 0 Å². The summed E-state index contributed by atoms with van der Waals surface area (Å²) in [7, 11) is 0. The zero-order valence-corrected chi connectivity index (χ0v) is 21.5. The maximum atomic E-state index is 13.6. The van der Waals surface area contributed by atoms with Gasteiger partial charge in [-0.1, -0.05) is 83.5 Å². The van der Waals surface area contributed by atoms with Gasteiger partial charge in [-0.2, -0.15) is 0 Å². The molecule has 0 saturated carbocycles. The van der Waals surface area contributed by atoms with E-state index in [-0.39, 0.29) is 23.1 Å². The minimum absolute atomic E-state index is 0.00393. The first-order valence-corrected chi connectivity index (χ1v) is 11.9. The number of hydrogen-bond donors (Lipinski definition) is 1. The lowest BCUT2D eigenvalue weighted by Gasteiger charge is -2.23. The summed E-state index contributed by atoms with van der Waals surface area (Å²) < 4.78 is 0.